The second-order valence-electron chi connectivity index (χ2n) is 3.82. The van der Waals surface area contributed by atoms with E-state index >= 15 is 0 Å². The Kier molecular flexibility index (Phi) is 3.66. The summed E-state index contributed by atoms with van der Waals surface area (Å²) in [5.41, 5.74) is 0. The van der Waals surface area contributed by atoms with E-state index in [1.165, 1.54) is 4.46 Å². The molecule has 3 heteroatoms. The Morgan fingerprint density at radius 2 is 2.12 bits per heavy atom. The molecule has 0 fully saturated rings. The minimum atomic E-state index is 0.170. The Bertz CT molecular complexity index is 433. The molecule has 0 amide bonds. The summed E-state index contributed by atoms with van der Waals surface area (Å²) in [4.78, 5) is 0. The molecule has 2 rings (SSSR count). The van der Waals surface area contributed by atoms with Crippen molar-refractivity contribution in [3.8, 4) is 6.07 Å². The van der Waals surface area contributed by atoms with Crippen LogP contribution in [-0.2, 0) is 0 Å². The van der Waals surface area contributed by atoms with Gasteiger partial charge < -0.3 is 0 Å². The molecule has 0 aliphatic heterocycles. The number of hydrogen-bond donors (Lipinski definition) is 1. The van der Waals surface area contributed by atoms with Crippen molar-refractivity contribution in [3.05, 3.63) is 40.6 Å². The Balaban J connectivity index is 2.14. The fraction of sp³-hybridized carbons (Fsp3) is 0.308. The van der Waals surface area contributed by atoms with Gasteiger partial charge in [-0.2, -0.15) is 0 Å². The fourth-order valence-electron chi connectivity index (χ4n) is 1.86. The predicted octanol–water partition coefficient (Wildman–Crippen LogP) is 2.11. The number of nitrogens with zero attached hydrogens (tertiary/aromatic N) is 1. The van der Waals surface area contributed by atoms with Gasteiger partial charge in [-0.1, -0.05) is 0 Å². The van der Waals surface area contributed by atoms with E-state index in [1.54, 1.807) is 0 Å². The van der Waals surface area contributed by atoms with Crippen LogP contribution in [0.25, 0.3) is 0 Å². The van der Waals surface area contributed by atoms with Gasteiger partial charge in [0.2, 0.25) is 0 Å². The molecule has 1 aromatic carbocycles. The Hall–Kier alpha value is -1.23. The van der Waals surface area contributed by atoms with Gasteiger partial charge in [0, 0.05) is 0 Å². The third kappa shape index (κ3) is 2.47. The van der Waals surface area contributed by atoms with E-state index in [0.717, 1.165) is 17.3 Å². The molecule has 1 atom stereocenters. The quantitative estimate of drug-likeness (QED) is 0.861. The number of benzene rings is 1. The number of allylic oxidation sites excluding steroid dienone is 2. The molecule has 1 aromatic rings. The van der Waals surface area contributed by atoms with Crippen LogP contribution >= 0.6 is 0 Å². The van der Waals surface area contributed by atoms with Crippen LogP contribution in [-0.4, -0.2) is 20.1 Å². The first kappa shape index (κ1) is 11.3. The third-order valence-corrected chi connectivity index (χ3v) is 5.41. The van der Waals surface area contributed by atoms with E-state index in [1.807, 2.05) is 18.2 Å². The summed E-state index contributed by atoms with van der Waals surface area (Å²) < 4.78 is 2.39. The standard InChI is InChI=1S/C13H13NOSe/c14-9-8-10-6-7-12(15)13(10)16-11-4-2-1-3-5-11/h1-5,10,15H,6-8H2. The van der Waals surface area contributed by atoms with E-state index in [0.29, 0.717) is 12.2 Å². The summed E-state index contributed by atoms with van der Waals surface area (Å²) in [7, 11) is 0. The zero-order chi connectivity index (χ0) is 11.4. The molecule has 82 valence electrons. The van der Waals surface area contributed by atoms with E-state index in [4.69, 9.17) is 5.26 Å². The molecule has 0 aromatic heterocycles. The first-order valence-electron chi connectivity index (χ1n) is 5.33. The third-order valence-electron chi connectivity index (χ3n) is 2.69. The average Bonchev–Trinajstić information content (AvgIpc) is 2.64. The number of aliphatic hydroxyl groups is 1. The molecule has 1 N–H and O–H groups in total. The van der Waals surface area contributed by atoms with Crippen molar-refractivity contribution in [2.45, 2.75) is 19.3 Å². The van der Waals surface area contributed by atoms with Crippen LogP contribution < -0.4 is 4.46 Å². The van der Waals surface area contributed by atoms with Gasteiger partial charge in [-0.15, -0.1) is 0 Å². The van der Waals surface area contributed by atoms with Gasteiger partial charge in [0.15, 0.2) is 0 Å². The molecule has 1 aliphatic carbocycles. The van der Waals surface area contributed by atoms with Gasteiger partial charge >= 0.3 is 102 Å². The van der Waals surface area contributed by atoms with Crippen molar-refractivity contribution < 1.29 is 5.11 Å². The minimum absolute atomic E-state index is 0.170. The second-order valence-corrected chi connectivity index (χ2v) is 6.16. The number of rotatable bonds is 3. The summed E-state index contributed by atoms with van der Waals surface area (Å²) in [6, 6.07) is 12.4. The summed E-state index contributed by atoms with van der Waals surface area (Å²) in [5.74, 6) is 0.814. The zero-order valence-corrected chi connectivity index (χ0v) is 10.6. The van der Waals surface area contributed by atoms with Crippen molar-refractivity contribution in [1.82, 2.24) is 0 Å². The normalized spacial score (nSPS) is 19.8. The summed E-state index contributed by atoms with van der Waals surface area (Å²) >= 11 is 0.170. The Morgan fingerprint density at radius 1 is 1.38 bits per heavy atom. The molecular weight excluding hydrogens is 265 g/mol. The zero-order valence-electron chi connectivity index (χ0n) is 8.89. The topological polar surface area (TPSA) is 44.0 Å². The molecular formula is C13H13NOSe. The van der Waals surface area contributed by atoms with E-state index in [9.17, 15) is 5.11 Å². The number of hydrogen-bond acceptors (Lipinski definition) is 2. The van der Waals surface area contributed by atoms with Gasteiger partial charge in [-0.25, -0.2) is 0 Å². The molecule has 0 saturated heterocycles. The summed E-state index contributed by atoms with van der Waals surface area (Å²) in [5, 5.41) is 18.6. The van der Waals surface area contributed by atoms with Crippen LogP contribution in [0.5, 0.6) is 0 Å². The van der Waals surface area contributed by atoms with Crippen LogP contribution in [0, 0.1) is 17.2 Å². The number of nitriles is 1. The maximum atomic E-state index is 9.83. The van der Waals surface area contributed by atoms with Gasteiger partial charge in [-0.3, -0.25) is 0 Å². The van der Waals surface area contributed by atoms with Crippen LogP contribution in [0.2, 0.25) is 0 Å². The van der Waals surface area contributed by atoms with E-state index in [-0.39, 0.29) is 20.9 Å². The molecule has 0 saturated carbocycles. The molecule has 0 radical (unpaired) electrons. The Morgan fingerprint density at radius 3 is 2.81 bits per heavy atom. The first-order chi connectivity index (χ1) is 7.81. The van der Waals surface area contributed by atoms with Crippen LogP contribution in [0.15, 0.2) is 40.6 Å². The first-order valence-corrected chi connectivity index (χ1v) is 7.04. The molecule has 2 nitrogen and oxygen atoms in total. The summed E-state index contributed by atoms with van der Waals surface area (Å²) in [6.45, 7) is 0. The van der Waals surface area contributed by atoms with Crippen molar-refractivity contribution in [2.75, 3.05) is 0 Å². The fourth-order valence-corrected chi connectivity index (χ4v) is 4.24. The monoisotopic (exact) mass is 279 g/mol. The van der Waals surface area contributed by atoms with Crippen LogP contribution in [0.3, 0.4) is 0 Å². The SMILES string of the molecule is N#CCC1CCC(O)=C1[Se]c1ccccc1. The van der Waals surface area contributed by atoms with Crippen LogP contribution in [0.1, 0.15) is 19.3 Å². The molecule has 16 heavy (non-hydrogen) atoms. The van der Waals surface area contributed by atoms with Crippen LogP contribution in [0.4, 0.5) is 0 Å². The van der Waals surface area contributed by atoms with Crippen molar-refractivity contribution in [1.29, 1.82) is 5.26 Å². The van der Waals surface area contributed by atoms with E-state index < -0.39 is 0 Å². The molecule has 0 heterocycles. The van der Waals surface area contributed by atoms with Gasteiger partial charge in [-0.05, 0) is 0 Å². The molecule has 0 spiro atoms. The van der Waals surface area contributed by atoms with Crippen molar-refractivity contribution in [2.24, 2.45) is 5.92 Å². The van der Waals surface area contributed by atoms with Gasteiger partial charge in [0.05, 0.1) is 0 Å². The van der Waals surface area contributed by atoms with Crippen molar-refractivity contribution >= 4 is 19.4 Å². The van der Waals surface area contributed by atoms with Gasteiger partial charge in [0.25, 0.3) is 0 Å². The average molecular weight is 278 g/mol. The molecule has 1 aliphatic rings. The van der Waals surface area contributed by atoms with E-state index in [2.05, 4.69) is 18.2 Å². The molecule has 0 bridgehead atoms. The second kappa shape index (κ2) is 5.20. The Labute approximate surface area is 102 Å². The molecule has 1 unspecified atom stereocenters. The van der Waals surface area contributed by atoms with Gasteiger partial charge in [0.1, 0.15) is 0 Å². The predicted molar refractivity (Wildman–Crippen MR) is 64.4 cm³/mol. The number of aliphatic hydroxyl groups excluding tert-OH is 1. The maximum absolute atomic E-state index is 9.83. The summed E-state index contributed by atoms with van der Waals surface area (Å²) in [6.07, 6.45) is 2.22. The van der Waals surface area contributed by atoms with Crippen molar-refractivity contribution in [3.63, 3.8) is 0 Å².